The molecular weight excluding hydrogens is 338 g/mol. The Labute approximate surface area is 158 Å². The molecule has 3 aromatic rings. The standard InChI is InChI=1S/C22H23N3O2/c26-22-13-20(27-16-17-4-2-1-3-5-17)8-11-25(22)10-7-18-12-19-15-23-9-6-21(19)24-14-18/h1-5,8,11-14,23H,6-7,9-10,15-16H2. The predicted molar refractivity (Wildman–Crippen MR) is 105 cm³/mol. The van der Waals surface area contributed by atoms with E-state index < -0.39 is 0 Å². The summed E-state index contributed by atoms with van der Waals surface area (Å²) in [6, 6.07) is 15.5. The van der Waals surface area contributed by atoms with Crippen LogP contribution in [-0.4, -0.2) is 16.1 Å². The van der Waals surface area contributed by atoms with Gasteiger partial charge in [0, 0.05) is 50.2 Å². The molecule has 4 rings (SSSR count). The summed E-state index contributed by atoms with van der Waals surface area (Å²) in [6.45, 7) is 2.96. The van der Waals surface area contributed by atoms with E-state index in [1.165, 1.54) is 11.3 Å². The summed E-state index contributed by atoms with van der Waals surface area (Å²) in [6.07, 6.45) is 5.51. The van der Waals surface area contributed by atoms with Gasteiger partial charge in [0.2, 0.25) is 0 Å². The quantitative estimate of drug-likeness (QED) is 0.733. The Kier molecular flexibility index (Phi) is 5.30. The zero-order valence-electron chi connectivity index (χ0n) is 15.2. The molecule has 2 aromatic heterocycles. The molecule has 27 heavy (non-hydrogen) atoms. The van der Waals surface area contributed by atoms with Gasteiger partial charge in [-0.15, -0.1) is 0 Å². The second-order valence-corrected chi connectivity index (χ2v) is 6.79. The number of ether oxygens (including phenoxy) is 1. The summed E-state index contributed by atoms with van der Waals surface area (Å²) in [5.74, 6) is 0.599. The van der Waals surface area contributed by atoms with Crippen molar-refractivity contribution in [2.24, 2.45) is 0 Å². The van der Waals surface area contributed by atoms with Crippen molar-refractivity contribution in [2.45, 2.75) is 32.5 Å². The van der Waals surface area contributed by atoms with Crippen molar-refractivity contribution in [3.8, 4) is 5.75 Å². The van der Waals surface area contributed by atoms with E-state index in [0.29, 0.717) is 18.9 Å². The Balaban J connectivity index is 1.37. The average molecular weight is 361 g/mol. The molecule has 5 heteroatoms. The molecule has 1 N–H and O–H groups in total. The van der Waals surface area contributed by atoms with Gasteiger partial charge in [-0.25, -0.2) is 0 Å². The number of hydrogen-bond donors (Lipinski definition) is 1. The van der Waals surface area contributed by atoms with Crippen LogP contribution in [-0.2, 0) is 32.5 Å². The molecule has 1 aliphatic heterocycles. The topological polar surface area (TPSA) is 56.2 Å². The number of aromatic nitrogens is 2. The highest BCUT2D eigenvalue weighted by Gasteiger charge is 2.10. The minimum Gasteiger partial charge on any atom is -0.489 e. The van der Waals surface area contributed by atoms with Gasteiger partial charge in [-0.1, -0.05) is 36.4 Å². The van der Waals surface area contributed by atoms with Crippen molar-refractivity contribution in [3.05, 3.63) is 93.7 Å². The molecule has 0 fully saturated rings. The summed E-state index contributed by atoms with van der Waals surface area (Å²) >= 11 is 0. The van der Waals surface area contributed by atoms with E-state index in [9.17, 15) is 4.79 Å². The first-order valence-electron chi connectivity index (χ1n) is 9.32. The number of benzene rings is 1. The Morgan fingerprint density at radius 1 is 1.11 bits per heavy atom. The molecule has 0 spiro atoms. The highest BCUT2D eigenvalue weighted by Crippen LogP contribution is 2.14. The number of fused-ring (bicyclic) bond motifs is 1. The molecule has 0 atom stereocenters. The second-order valence-electron chi connectivity index (χ2n) is 6.79. The van der Waals surface area contributed by atoms with E-state index in [1.54, 1.807) is 16.8 Å². The van der Waals surface area contributed by atoms with Gasteiger partial charge in [-0.2, -0.15) is 0 Å². The molecule has 0 saturated carbocycles. The maximum atomic E-state index is 12.4. The summed E-state index contributed by atoms with van der Waals surface area (Å²) in [4.78, 5) is 16.9. The maximum absolute atomic E-state index is 12.4. The van der Waals surface area contributed by atoms with Crippen molar-refractivity contribution in [2.75, 3.05) is 6.54 Å². The van der Waals surface area contributed by atoms with Crippen molar-refractivity contribution >= 4 is 0 Å². The molecular formula is C22H23N3O2. The van der Waals surface area contributed by atoms with Crippen molar-refractivity contribution < 1.29 is 4.74 Å². The van der Waals surface area contributed by atoms with Gasteiger partial charge in [0.1, 0.15) is 12.4 Å². The smallest absolute Gasteiger partial charge is 0.254 e. The van der Waals surface area contributed by atoms with E-state index in [2.05, 4.69) is 16.4 Å². The van der Waals surface area contributed by atoms with E-state index in [-0.39, 0.29) is 5.56 Å². The van der Waals surface area contributed by atoms with Crippen molar-refractivity contribution in [1.82, 2.24) is 14.9 Å². The Bertz CT molecular complexity index is 967. The molecule has 1 aromatic carbocycles. The van der Waals surface area contributed by atoms with Gasteiger partial charge in [-0.05, 0) is 29.2 Å². The fourth-order valence-corrected chi connectivity index (χ4v) is 3.29. The van der Waals surface area contributed by atoms with Gasteiger partial charge >= 0.3 is 0 Å². The molecule has 0 saturated heterocycles. The lowest BCUT2D eigenvalue weighted by Crippen LogP contribution is -2.25. The first-order valence-corrected chi connectivity index (χ1v) is 9.32. The van der Waals surface area contributed by atoms with E-state index in [1.807, 2.05) is 42.6 Å². The lowest BCUT2D eigenvalue weighted by molar-refractivity contribution is 0.305. The summed E-state index contributed by atoms with van der Waals surface area (Å²) in [5, 5.41) is 3.37. The van der Waals surface area contributed by atoms with Crippen LogP contribution in [0, 0.1) is 0 Å². The van der Waals surface area contributed by atoms with Crippen molar-refractivity contribution in [3.63, 3.8) is 0 Å². The fraction of sp³-hybridized carbons (Fsp3) is 0.273. The molecule has 0 radical (unpaired) electrons. The Morgan fingerprint density at radius 3 is 2.85 bits per heavy atom. The van der Waals surface area contributed by atoms with Gasteiger partial charge in [-0.3, -0.25) is 9.78 Å². The highest BCUT2D eigenvalue weighted by atomic mass is 16.5. The zero-order chi connectivity index (χ0) is 18.5. The highest BCUT2D eigenvalue weighted by molar-refractivity contribution is 5.27. The van der Waals surface area contributed by atoms with Crippen molar-refractivity contribution in [1.29, 1.82) is 0 Å². The van der Waals surface area contributed by atoms with Crippen LogP contribution in [0.4, 0.5) is 0 Å². The number of rotatable bonds is 6. The van der Waals surface area contributed by atoms with Crippen LogP contribution >= 0.6 is 0 Å². The second kappa shape index (κ2) is 8.18. The lowest BCUT2D eigenvalue weighted by Gasteiger charge is -2.17. The van der Waals surface area contributed by atoms with Crippen LogP contribution in [0.2, 0.25) is 0 Å². The normalized spacial score (nSPS) is 13.2. The number of nitrogens with zero attached hydrogens (tertiary/aromatic N) is 2. The molecule has 0 unspecified atom stereocenters. The minimum atomic E-state index is -0.0480. The maximum Gasteiger partial charge on any atom is 0.254 e. The first-order chi connectivity index (χ1) is 13.3. The Morgan fingerprint density at radius 2 is 2.00 bits per heavy atom. The first kappa shape index (κ1) is 17.5. The monoisotopic (exact) mass is 361 g/mol. The third-order valence-corrected chi connectivity index (χ3v) is 4.83. The minimum absolute atomic E-state index is 0.0480. The van der Waals surface area contributed by atoms with Crippen LogP contribution in [0.3, 0.4) is 0 Å². The van der Waals surface area contributed by atoms with Crippen LogP contribution in [0.25, 0.3) is 0 Å². The van der Waals surface area contributed by atoms with Gasteiger partial charge in [0.05, 0.1) is 0 Å². The third kappa shape index (κ3) is 4.44. The van der Waals surface area contributed by atoms with Gasteiger partial charge in [0.15, 0.2) is 0 Å². The SMILES string of the molecule is O=c1cc(OCc2ccccc2)ccn1CCc1cnc2c(c1)CNCC2. The fourth-order valence-electron chi connectivity index (χ4n) is 3.29. The summed E-state index contributed by atoms with van der Waals surface area (Å²) in [7, 11) is 0. The molecule has 0 bridgehead atoms. The molecule has 138 valence electrons. The summed E-state index contributed by atoms with van der Waals surface area (Å²) in [5.41, 5.74) is 4.66. The zero-order valence-corrected chi connectivity index (χ0v) is 15.2. The number of hydrogen-bond acceptors (Lipinski definition) is 4. The largest absolute Gasteiger partial charge is 0.489 e. The number of aryl methyl sites for hydroxylation is 2. The predicted octanol–water partition coefficient (Wildman–Crippen LogP) is 2.71. The summed E-state index contributed by atoms with van der Waals surface area (Å²) < 4.78 is 7.44. The van der Waals surface area contributed by atoms with E-state index in [0.717, 1.165) is 37.1 Å². The van der Waals surface area contributed by atoms with Gasteiger partial charge in [0.25, 0.3) is 5.56 Å². The van der Waals surface area contributed by atoms with Crippen LogP contribution < -0.4 is 15.6 Å². The van der Waals surface area contributed by atoms with Crippen LogP contribution in [0.5, 0.6) is 5.75 Å². The molecule has 0 aliphatic carbocycles. The van der Waals surface area contributed by atoms with E-state index in [4.69, 9.17) is 4.74 Å². The van der Waals surface area contributed by atoms with E-state index >= 15 is 0 Å². The molecule has 5 nitrogen and oxygen atoms in total. The van der Waals surface area contributed by atoms with Crippen LogP contribution in [0.1, 0.15) is 22.4 Å². The van der Waals surface area contributed by atoms with Crippen LogP contribution in [0.15, 0.2) is 65.7 Å². The van der Waals surface area contributed by atoms with Gasteiger partial charge < -0.3 is 14.6 Å². The molecule has 3 heterocycles. The molecule has 0 amide bonds. The lowest BCUT2D eigenvalue weighted by atomic mass is 10.0. The average Bonchev–Trinajstić information content (AvgIpc) is 2.72. The number of nitrogens with one attached hydrogen (secondary N) is 1. The third-order valence-electron chi connectivity index (χ3n) is 4.83. The molecule has 1 aliphatic rings. The Hall–Kier alpha value is -2.92. The number of pyridine rings is 2.